The summed E-state index contributed by atoms with van der Waals surface area (Å²) in [5.41, 5.74) is 2.09. The standard InChI is InChI=1S/C15H12BrNO2S.C2H5BrO/c16-11-3-1-10(2-4-11)15-13-6-5-12(19-8-7-18)9-14(13)20-17-15;3-1-2-4/h1-6,9,18H,7-8H2;4H,1-2H2. The van der Waals surface area contributed by atoms with Gasteiger partial charge in [-0.15, -0.1) is 0 Å². The van der Waals surface area contributed by atoms with Gasteiger partial charge in [0.2, 0.25) is 0 Å². The first-order chi connectivity index (χ1) is 11.7. The van der Waals surface area contributed by atoms with Crippen LogP contribution in [0.5, 0.6) is 5.75 Å². The summed E-state index contributed by atoms with van der Waals surface area (Å²) < 4.78 is 12.1. The minimum atomic E-state index is 0.0187. The van der Waals surface area contributed by atoms with E-state index in [9.17, 15) is 0 Å². The lowest BCUT2D eigenvalue weighted by Gasteiger charge is -2.04. The first-order valence-corrected chi connectivity index (χ1v) is 9.94. The van der Waals surface area contributed by atoms with Crippen molar-refractivity contribution in [1.29, 1.82) is 0 Å². The number of halogens is 2. The highest BCUT2D eigenvalue weighted by Crippen LogP contribution is 2.33. The van der Waals surface area contributed by atoms with Gasteiger partial charge in [0.25, 0.3) is 0 Å². The Morgan fingerprint density at radius 1 is 1.04 bits per heavy atom. The van der Waals surface area contributed by atoms with Crippen LogP contribution < -0.4 is 4.74 Å². The molecule has 3 rings (SSSR count). The van der Waals surface area contributed by atoms with Crippen LogP contribution >= 0.6 is 43.4 Å². The Morgan fingerprint density at radius 3 is 2.38 bits per heavy atom. The molecule has 3 aromatic rings. The number of nitrogens with zero attached hydrogens (tertiary/aromatic N) is 1. The largest absolute Gasteiger partial charge is 0.491 e. The van der Waals surface area contributed by atoms with Gasteiger partial charge in [-0.2, -0.15) is 4.37 Å². The number of aromatic nitrogens is 1. The topological polar surface area (TPSA) is 62.6 Å². The molecule has 7 heteroatoms. The van der Waals surface area contributed by atoms with Gasteiger partial charge in [0, 0.05) is 20.8 Å². The summed E-state index contributed by atoms with van der Waals surface area (Å²) in [6.07, 6.45) is 0. The van der Waals surface area contributed by atoms with Crippen LogP contribution in [0.4, 0.5) is 0 Å². The molecular formula is C17H17Br2NO3S. The number of hydrogen-bond donors (Lipinski definition) is 2. The lowest BCUT2D eigenvalue weighted by molar-refractivity contribution is 0.201. The molecule has 4 nitrogen and oxygen atoms in total. The second-order valence-corrected chi connectivity index (χ2v) is 7.19. The summed E-state index contributed by atoms with van der Waals surface area (Å²) in [5.74, 6) is 0.762. The van der Waals surface area contributed by atoms with Gasteiger partial charge in [0.1, 0.15) is 12.4 Å². The van der Waals surface area contributed by atoms with E-state index in [1.807, 2.05) is 30.3 Å². The molecule has 0 saturated heterocycles. The Hall–Kier alpha value is -0.990. The lowest BCUT2D eigenvalue weighted by atomic mass is 10.1. The Kier molecular flexibility index (Phi) is 8.14. The van der Waals surface area contributed by atoms with Crippen molar-refractivity contribution in [3.05, 3.63) is 46.9 Å². The van der Waals surface area contributed by atoms with E-state index >= 15 is 0 Å². The Labute approximate surface area is 161 Å². The SMILES string of the molecule is OCCBr.OCCOc1ccc2c(-c3ccc(Br)cc3)nsc2c1. The molecule has 0 bridgehead atoms. The predicted octanol–water partition coefficient (Wildman–Crippen LogP) is 4.47. The number of rotatable bonds is 5. The van der Waals surface area contributed by atoms with Crippen LogP contribution in [0.2, 0.25) is 0 Å². The molecule has 0 amide bonds. The maximum absolute atomic E-state index is 8.78. The molecule has 2 aromatic carbocycles. The molecule has 0 aliphatic rings. The quantitative estimate of drug-likeness (QED) is 0.535. The van der Waals surface area contributed by atoms with E-state index in [4.69, 9.17) is 14.9 Å². The fraction of sp³-hybridized carbons (Fsp3) is 0.235. The van der Waals surface area contributed by atoms with Crippen LogP contribution in [0.15, 0.2) is 46.9 Å². The zero-order chi connectivity index (χ0) is 17.4. The number of aliphatic hydroxyl groups excluding tert-OH is 2. The Balaban J connectivity index is 0.000000471. The van der Waals surface area contributed by atoms with Gasteiger partial charge >= 0.3 is 0 Å². The summed E-state index contributed by atoms with van der Waals surface area (Å²) in [7, 11) is 0. The molecule has 2 N–H and O–H groups in total. The molecule has 24 heavy (non-hydrogen) atoms. The highest BCUT2D eigenvalue weighted by atomic mass is 79.9. The minimum absolute atomic E-state index is 0.0187. The monoisotopic (exact) mass is 473 g/mol. The number of alkyl halides is 1. The van der Waals surface area contributed by atoms with Gasteiger partial charge in [0.15, 0.2) is 0 Å². The highest BCUT2D eigenvalue weighted by Gasteiger charge is 2.09. The summed E-state index contributed by atoms with van der Waals surface area (Å²) in [5, 5.41) is 18.4. The lowest BCUT2D eigenvalue weighted by Crippen LogP contribution is -2.01. The third kappa shape index (κ3) is 5.26. The second-order valence-electron chi connectivity index (χ2n) is 4.68. The minimum Gasteiger partial charge on any atom is -0.491 e. The van der Waals surface area contributed by atoms with Crippen molar-refractivity contribution in [3.8, 4) is 17.0 Å². The number of ether oxygens (including phenoxy) is 1. The first kappa shape index (κ1) is 19.3. The fourth-order valence-electron chi connectivity index (χ4n) is 1.99. The molecule has 1 heterocycles. The Morgan fingerprint density at radius 2 is 1.75 bits per heavy atom. The van der Waals surface area contributed by atoms with E-state index in [-0.39, 0.29) is 13.2 Å². The van der Waals surface area contributed by atoms with Gasteiger partial charge < -0.3 is 14.9 Å². The number of benzene rings is 2. The zero-order valence-corrected chi connectivity index (χ0v) is 16.8. The van der Waals surface area contributed by atoms with Gasteiger partial charge in [-0.25, -0.2) is 0 Å². The van der Waals surface area contributed by atoms with Gasteiger partial charge in [-0.05, 0) is 41.9 Å². The van der Waals surface area contributed by atoms with E-state index in [1.54, 1.807) is 0 Å². The van der Waals surface area contributed by atoms with Crippen LogP contribution in [0.1, 0.15) is 0 Å². The maximum atomic E-state index is 8.78. The molecule has 0 aliphatic carbocycles. The average molecular weight is 475 g/mol. The van der Waals surface area contributed by atoms with E-state index in [0.29, 0.717) is 11.9 Å². The molecule has 128 valence electrons. The predicted molar refractivity (Wildman–Crippen MR) is 106 cm³/mol. The first-order valence-electron chi connectivity index (χ1n) is 7.25. The van der Waals surface area contributed by atoms with Crippen molar-refractivity contribution < 1.29 is 14.9 Å². The normalized spacial score (nSPS) is 10.3. The third-order valence-electron chi connectivity index (χ3n) is 3.01. The molecular weight excluding hydrogens is 458 g/mol. The molecule has 0 radical (unpaired) electrons. The van der Waals surface area contributed by atoms with Crippen LogP contribution in [0.25, 0.3) is 21.3 Å². The van der Waals surface area contributed by atoms with Crippen molar-refractivity contribution in [1.82, 2.24) is 4.37 Å². The average Bonchev–Trinajstić information content (AvgIpc) is 3.04. The van der Waals surface area contributed by atoms with E-state index in [0.717, 1.165) is 31.6 Å². The zero-order valence-electron chi connectivity index (χ0n) is 12.8. The smallest absolute Gasteiger partial charge is 0.120 e. The van der Waals surface area contributed by atoms with Gasteiger partial charge in [-0.1, -0.05) is 44.0 Å². The molecule has 0 aliphatic heterocycles. The van der Waals surface area contributed by atoms with Crippen molar-refractivity contribution in [3.63, 3.8) is 0 Å². The van der Waals surface area contributed by atoms with Crippen molar-refractivity contribution in [2.24, 2.45) is 0 Å². The second kappa shape index (κ2) is 10.1. The fourth-order valence-corrected chi connectivity index (χ4v) is 3.08. The van der Waals surface area contributed by atoms with Crippen LogP contribution in [0, 0.1) is 0 Å². The number of hydrogen-bond acceptors (Lipinski definition) is 5. The Bertz CT molecular complexity index is 760. The molecule has 0 spiro atoms. The van der Waals surface area contributed by atoms with Gasteiger partial charge in [0.05, 0.1) is 23.6 Å². The third-order valence-corrected chi connectivity index (χ3v) is 4.70. The summed E-state index contributed by atoms with van der Waals surface area (Å²) in [4.78, 5) is 0. The number of aliphatic hydroxyl groups is 2. The van der Waals surface area contributed by atoms with Crippen molar-refractivity contribution >= 4 is 53.5 Å². The highest BCUT2D eigenvalue weighted by molar-refractivity contribution is 9.10. The molecule has 0 fully saturated rings. The van der Waals surface area contributed by atoms with Crippen molar-refractivity contribution in [2.45, 2.75) is 0 Å². The summed E-state index contributed by atoms with van der Waals surface area (Å²) in [6.45, 7) is 0.564. The van der Waals surface area contributed by atoms with E-state index in [1.165, 1.54) is 11.5 Å². The van der Waals surface area contributed by atoms with Gasteiger partial charge in [-0.3, -0.25) is 0 Å². The van der Waals surface area contributed by atoms with E-state index < -0.39 is 0 Å². The van der Waals surface area contributed by atoms with Crippen molar-refractivity contribution in [2.75, 3.05) is 25.2 Å². The van der Waals surface area contributed by atoms with Crippen LogP contribution in [-0.2, 0) is 0 Å². The molecule has 0 atom stereocenters. The maximum Gasteiger partial charge on any atom is 0.120 e. The number of fused-ring (bicyclic) bond motifs is 1. The van der Waals surface area contributed by atoms with Crippen LogP contribution in [0.3, 0.4) is 0 Å². The van der Waals surface area contributed by atoms with E-state index in [2.05, 4.69) is 48.4 Å². The molecule has 0 saturated carbocycles. The summed E-state index contributed by atoms with van der Waals surface area (Å²) >= 11 is 7.89. The molecule has 1 aromatic heterocycles. The van der Waals surface area contributed by atoms with Crippen LogP contribution in [-0.4, -0.2) is 39.7 Å². The summed E-state index contributed by atoms with van der Waals surface area (Å²) in [6, 6.07) is 14.0. The molecule has 0 unspecified atom stereocenters.